The molecule has 4 nitrogen and oxygen atoms in total. The molecule has 4 heteroatoms. The summed E-state index contributed by atoms with van der Waals surface area (Å²) in [6.45, 7) is 6.42. The lowest BCUT2D eigenvalue weighted by molar-refractivity contribution is -0.112. The molecule has 1 amide bonds. The number of carbonyl (C=O) groups excluding carboxylic acids is 1. The van der Waals surface area contributed by atoms with Crippen molar-refractivity contribution < 1.29 is 9.53 Å². The van der Waals surface area contributed by atoms with Gasteiger partial charge in [0, 0.05) is 5.69 Å². The Kier molecular flexibility index (Phi) is 5.75. The minimum absolute atomic E-state index is 0.0548. The molecule has 0 aromatic heterocycles. The predicted molar refractivity (Wildman–Crippen MR) is 95.7 cm³/mol. The van der Waals surface area contributed by atoms with Crippen LogP contribution < -0.4 is 10.1 Å². The monoisotopic (exact) mass is 320 g/mol. The van der Waals surface area contributed by atoms with E-state index in [0.717, 1.165) is 22.4 Å². The van der Waals surface area contributed by atoms with E-state index in [0.29, 0.717) is 12.3 Å². The molecule has 0 aliphatic rings. The highest BCUT2D eigenvalue weighted by Crippen LogP contribution is 2.18. The topological polar surface area (TPSA) is 62.1 Å². The second kappa shape index (κ2) is 7.98. The minimum atomic E-state index is -0.418. The first-order valence-corrected chi connectivity index (χ1v) is 7.76. The molecule has 2 rings (SSSR count). The molecule has 0 saturated carbocycles. The number of hydrogen-bond donors (Lipinski definition) is 1. The Morgan fingerprint density at radius 2 is 1.92 bits per heavy atom. The molecule has 0 fully saturated rings. The molecule has 0 atom stereocenters. The van der Waals surface area contributed by atoms with Crippen molar-refractivity contribution in [1.29, 1.82) is 5.26 Å². The van der Waals surface area contributed by atoms with E-state index in [1.54, 1.807) is 6.08 Å². The van der Waals surface area contributed by atoms with Gasteiger partial charge < -0.3 is 10.1 Å². The zero-order valence-corrected chi connectivity index (χ0v) is 14.1. The highest BCUT2D eigenvalue weighted by molar-refractivity contribution is 6.09. The van der Waals surface area contributed by atoms with Crippen molar-refractivity contribution in [2.75, 3.05) is 11.9 Å². The number of nitrogens with one attached hydrogen (secondary N) is 1. The van der Waals surface area contributed by atoms with Crippen LogP contribution in [-0.2, 0) is 4.79 Å². The Hall–Kier alpha value is -3.06. The Morgan fingerprint density at radius 1 is 1.21 bits per heavy atom. The molecule has 24 heavy (non-hydrogen) atoms. The van der Waals surface area contributed by atoms with Crippen LogP contribution in [0.2, 0.25) is 0 Å². The van der Waals surface area contributed by atoms with Gasteiger partial charge in [-0.3, -0.25) is 4.79 Å². The molecule has 0 heterocycles. The van der Waals surface area contributed by atoms with Crippen molar-refractivity contribution >= 4 is 17.7 Å². The van der Waals surface area contributed by atoms with Gasteiger partial charge in [-0.05, 0) is 56.2 Å². The van der Waals surface area contributed by atoms with Gasteiger partial charge in [0.05, 0.1) is 6.61 Å². The first-order valence-electron chi connectivity index (χ1n) is 7.76. The van der Waals surface area contributed by atoms with Crippen LogP contribution in [0.1, 0.15) is 23.6 Å². The van der Waals surface area contributed by atoms with Crippen LogP contribution in [0.3, 0.4) is 0 Å². The van der Waals surface area contributed by atoms with Crippen molar-refractivity contribution in [2.24, 2.45) is 0 Å². The van der Waals surface area contributed by atoms with Gasteiger partial charge in [-0.25, -0.2) is 0 Å². The van der Waals surface area contributed by atoms with Crippen molar-refractivity contribution in [3.05, 3.63) is 64.7 Å². The van der Waals surface area contributed by atoms with E-state index in [9.17, 15) is 10.1 Å². The Morgan fingerprint density at radius 3 is 2.50 bits per heavy atom. The smallest absolute Gasteiger partial charge is 0.266 e. The van der Waals surface area contributed by atoms with Gasteiger partial charge in [0.15, 0.2) is 0 Å². The number of benzene rings is 2. The van der Waals surface area contributed by atoms with Crippen LogP contribution in [0.5, 0.6) is 5.75 Å². The second-order valence-corrected chi connectivity index (χ2v) is 5.44. The number of ether oxygens (including phenoxy) is 1. The van der Waals surface area contributed by atoms with Crippen LogP contribution >= 0.6 is 0 Å². The van der Waals surface area contributed by atoms with E-state index < -0.39 is 5.91 Å². The van der Waals surface area contributed by atoms with Gasteiger partial charge in [-0.1, -0.05) is 29.8 Å². The molecule has 0 aliphatic heterocycles. The van der Waals surface area contributed by atoms with Gasteiger partial charge in [0.2, 0.25) is 0 Å². The average molecular weight is 320 g/mol. The normalized spacial score (nSPS) is 10.8. The number of rotatable bonds is 5. The maximum atomic E-state index is 12.3. The number of hydrogen-bond acceptors (Lipinski definition) is 3. The maximum absolute atomic E-state index is 12.3. The first-order chi connectivity index (χ1) is 11.5. The van der Waals surface area contributed by atoms with Crippen LogP contribution in [0, 0.1) is 25.2 Å². The summed E-state index contributed by atoms with van der Waals surface area (Å²) in [5.74, 6) is 0.339. The molecule has 0 spiro atoms. The molecule has 2 aromatic rings. The van der Waals surface area contributed by atoms with Gasteiger partial charge in [0.1, 0.15) is 17.4 Å². The van der Waals surface area contributed by atoms with Gasteiger partial charge in [0.25, 0.3) is 5.91 Å². The molecule has 2 aromatic carbocycles. The summed E-state index contributed by atoms with van der Waals surface area (Å²) < 4.78 is 5.38. The van der Waals surface area contributed by atoms with Gasteiger partial charge >= 0.3 is 0 Å². The maximum Gasteiger partial charge on any atom is 0.266 e. The van der Waals surface area contributed by atoms with Crippen molar-refractivity contribution in [2.45, 2.75) is 20.8 Å². The summed E-state index contributed by atoms with van der Waals surface area (Å²) >= 11 is 0. The van der Waals surface area contributed by atoms with Crippen LogP contribution in [0.4, 0.5) is 5.69 Å². The van der Waals surface area contributed by atoms with Gasteiger partial charge in [-0.15, -0.1) is 0 Å². The lowest BCUT2D eigenvalue weighted by Gasteiger charge is -2.08. The summed E-state index contributed by atoms with van der Waals surface area (Å²) in [4.78, 5) is 12.3. The number of nitrogens with zero attached hydrogens (tertiary/aromatic N) is 1. The van der Waals surface area contributed by atoms with Gasteiger partial charge in [-0.2, -0.15) is 5.26 Å². The van der Waals surface area contributed by atoms with E-state index in [1.807, 2.05) is 69.3 Å². The average Bonchev–Trinajstić information content (AvgIpc) is 2.57. The summed E-state index contributed by atoms with van der Waals surface area (Å²) in [6, 6.07) is 15.0. The fourth-order valence-electron chi connectivity index (χ4n) is 2.29. The third-order valence-electron chi connectivity index (χ3n) is 3.50. The second-order valence-electron chi connectivity index (χ2n) is 5.44. The van der Waals surface area contributed by atoms with E-state index in [-0.39, 0.29) is 5.57 Å². The quantitative estimate of drug-likeness (QED) is 0.662. The fourth-order valence-corrected chi connectivity index (χ4v) is 2.29. The van der Waals surface area contributed by atoms with E-state index in [1.165, 1.54) is 0 Å². The largest absolute Gasteiger partial charge is 0.494 e. The molecule has 0 saturated heterocycles. The number of amides is 1. The third kappa shape index (κ3) is 4.47. The first kappa shape index (κ1) is 17.3. The third-order valence-corrected chi connectivity index (χ3v) is 3.50. The Labute approximate surface area is 142 Å². The molecular weight excluding hydrogens is 300 g/mol. The lowest BCUT2D eigenvalue weighted by atomic mass is 10.1. The van der Waals surface area contributed by atoms with Crippen LogP contribution in [-0.4, -0.2) is 12.5 Å². The Bertz CT molecular complexity index is 799. The molecule has 0 radical (unpaired) electrons. The number of carbonyl (C=O) groups is 1. The number of nitriles is 1. The molecule has 0 bridgehead atoms. The summed E-state index contributed by atoms with van der Waals surface area (Å²) in [6.07, 6.45) is 1.56. The molecule has 0 unspecified atom stereocenters. The number of aryl methyl sites for hydroxylation is 2. The van der Waals surface area contributed by atoms with Crippen LogP contribution in [0.15, 0.2) is 48.0 Å². The highest BCUT2D eigenvalue weighted by Gasteiger charge is 2.11. The highest BCUT2D eigenvalue weighted by atomic mass is 16.5. The molecular formula is C20H20N2O2. The van der Waals surface area contributed by atoms with Crippen LogP contribution in [0.25, 0.3) is 6.08 Å². The zero-order valence-electron chi connectivity index (χ0n) is 14.1. The SMILES string of the molecule is CCOc1ccc(C=C(C#N)C(=O)Nc2ccc(C)cc2C)cc1. The number of anilines is 1. The standard InChI is InChI=1S/C20H20N2O2/c1-4-24-18-8-6-16(7-9-18)12-17(13-21)20(23)22-19-10-5-14(2)11-15(19)3/h5-12H,4H2,1-3H3,(H,22,23). The summed E-state index contributed by atoms with van der Waals surface area (Å²) in [5.41, 5.74) is 3.61. The predicted octanol–water partition coefficient (Wildman–Crippen LogP) is 4.25. The van der Waals surface area contributed by atoms with E-state index in [2.05, 4.69) is 5.32 Å². The minimum Gasteiger partial charge on any atom is -0.494 e. The summed E-state index contributed by atoms with van der Waals surface area (Å²) in [7, 11) is 0. The molecule has 0 aliphatic carbocycles. The van der Waals surface area contributed by atoms with E-state index in [4.69, 9.17) is 4.74 Å². The molecule has 122 valence electrons. The molecule has 1 N–H and O–H groups in total. The van der Waals surface area contributed by atoms with Crippen molar-refractivity contribution in [3.63, 3.8) is 0 Å². The summed E-state index contributed by atoms with van der Waals surface area (Å²) in [5, 5.41) is 12.1. The lowest BCUT2D eigenvalue weighted by Crippen LogP contribution is -2.14. The Balaban J connectivity index is 2.17. The fraction of sp³-hybridized carbons (Fsp3) is 0.200. The van der Waals surface area contributed by atoms with Crippen molar-refractivity contribution in [1.82, 2.24) is 0 Å². The van der Waals surface area contributed by atoms with Crippen molar-refractivity contribution in [3.8, 4) is 11.8 Å². The van der Waals surface area contributed by atoms with E-state index >= 15 is 0 Å². The zero-order chi connectivity index (χ0) is 17.5.